The first-order valence-corrected chi connectivity index (χ1v) is 3.57. The van der Waals surface area contributed by atoms with E-state index in [1.165, 1.54) is 7.05 Å². The van der Waals surface area contributed by atoms with Crippen molar-refractivity contribution >= 4 is 5.91 Å². The van der Waals surface area contributed by atoms with Gasteiger partial charge in [0.05, 0.1) is 0 Å². The van der Waals surface area contributed by atoms with Crippen molar-refractivity contribution in [3.63, 3.8) is 0 Å². The molecule has 4 heteroatoms. The van der Waals surface area contributed by atoms with Crippen LogP contribution in [0.1, 0.15) is 20.3 Å². The van der Waals surface area contributed by atoms with Crippen molar-refractivity contribution < 1.29 is 14.6 Å². The van der Waals surface area contributed by atoms with Crippen LogP contribution >= 0.6 is 0 Å². The van der Waals surface area contributed by atoms with Gasteiger partial charge in [-0.1, -0.05) is 6.92 Å². The van der Waals surface area contributed by atoms with Gasteiger partial charge >= 0.3 is 0 Å². The molecule has 0 heterocycles. The van der Waals surface area contributed by atoms with Crippen molar-refractivity contribution in [1.29, 1.82) is 0 Å². The van der Waals surface area contributed by atoms with Crippen LogP contribution in [0.3, 0.4) is 0 Å². The zero-order valence-corrected chi connectivity index (χ0v) is 7.18. The van der Waals surface area contributed by atoms with Crippen LogP contribution in [0, 0.1) is 0 Å². The molecule has 0 aliphatic carbocycles. The van der Waals surface area contributed by atoms with E-state index in [0.717, 1.165) is 0 Å². The number of hydrogen-bond acceptors (Lipinski definition) is 3. The van der Waals surface area contributed by atoms with E-state index >= 15 is 0 Å². The quantitative estimate of drug-likeness (QED) is 0.564. The Bertz CT molecular complexity index is 138. The van der Waals surface area contributed by atoms with Gasteiger partial charge < -0.3 is 15.2 Å². The minimum Gasteiger partial charge on any atom is -0.371 e. The maximum absolute atomic E-state index is 11.1. The number of carbonyl (C=O) groups excluding carboxylic acids is 1. The van der Waals surface area contributed by atoms with E-state index in [4.69, 9.17) is 9.84 Å². The van der Waals surface area contributed by atoms with E-state index in [-0.39, 0.29) is 5.91 Å². The molecule has 0 rings (SSSR count). The van der Waals surface area contributed by atoms with Crippen molar-refractivity contribution in [3.8, 4) is 0 Å². The summed E-state index contributed by atoms with van der Waals surface area (Å²) in [4.78, 5) is 11.1. The lowest BCUT2D eigenvalue weighted by molar-refractivity contribution is -0.157. The standard InChI is InChI=1S/C7H15NO3/c1-4-7(2,11-5-9)6(10)8-3/h9H,4-5H2,1-3H3,(H,8,10). The number of carbonyl (C=O) groups is 1. The van der Waals surface area contributed by atoms with Crippen molar-refractivity contribution in [3.05, 3.63) is 0 Å². The van der Waals surface area contributed by atoms with Crippen LogP contribution in [0.5, 0.6) is 0 Å². The molecule has 2 N–H and O–H groups in total. The molecule has 0 saturated carbocycles. The van der Waals surface area contributed by atoms with E-state index < -0.39 is 12.4 Å². The summed E-state index contributed by atoms with van der Waals surface area (Å²) in [6.45, 7) is 3.03. The molecule has 0 aromatic rings. The Morgan fingerprint density at radius 1 is 1.73 bits per heavy atom. The third-order valence-corrected chi connectivity index (χ3v) is 1.77. The number of aliphatic hydroxyl groups is 1. The van der Waals surface area contributed by atoms with E-state index in [1.807, 2.05) is 6.92 Å². The molecule has 0 saturated heterocycles. The smallest absolute Gasteiger partial charge is 0.251 e. The van der Waals surface area contributed by atoms with Crippen LogP contribution in [0.25, 0.3) is 0 Å². The third-order valence-electron chi connectivity index (χ3n) is 1.77. The molecule has 1 amide bonds. The summed E-state index contributed by atoms with van der Waals surface area (Å²) in [6, 6.07) is 0. The van der Waals surface area contributed by atoms with Gasteiger partial charge in [-0.05, 0) is 13.3 Å². The Labute approximate surface area is 66.5 Å². The van der Waals surface area contributed by atoms with Crippen molar-refractivity contribution in [2.24, 2.45) is 0 Å². The van der Waals surface area contributed by atoms with E-state index in [0.29, 0.717) is 6.42 Å². The van der Waals surface area contributed by atoms with Gasteiger partial charge in [-0.25, -0.2) is 0 Å². The number of nitrogens with one attached hydrogen (secondary N) is 1. The monoisotopic (exact) mass is 161 g/mol. The van der Waals surface area contributed by atoms with Gasteiger partial charge in [0, 0.05) is 7.05 Å². The molecule has 0 aromatic carbocycles. The molecule has 0 bridgehead atoms. The number of likely N-dealkylation sites (N-methyl/N-ethyl adjacent to an activating group) is 1. The Morgan fingerprint density at radius 3 is 2.55 bits per heavy atom. The average molecular weight is 161 g/mol. The van der Waals surface area contributed by atoms with Gasteiger partial charge in [0.1, 0.15) is 12.4 Å². The molecular formula is C7H15NO3. The van der Waals surface area contributed by atoms with Crippen LogP contribution in [-0.2, 0) is 9.53 Å². The Morgan fingerprint density at radius 2 is 2.27 bits per heavy atom. The summed E-state index contributed by atoms with van der Waals surface area (Å²) in [6.07, 6.45) is 0.535. The number of rotatable bonds is 4. The zero-order chi connectivity index (χ0) is 8.91. The van der Waals surface area contributed by atoms with Crippen LogP contribution < -0.4 is 5.32 Å². The Balaban J connectivity index is 4.19. The Hall–Kier alpha value is -0.610. The Kier molecular flexibility index (Phi) is 4.07. The summed E-state index contributed by atoms with van der Waals surface area (Å²) in [5.41, 5.74) is -0.899. The molecule has 0 aromatic heterocycles. The maximum atomic E-state index is 11.1. The highest BCUT2D eigenvalue weighted by molar-refractivity contribution is 5.84. The van der Waals surface area contributed by atoms with Crippen LogP contribution in [0.2, 0.25) is 0 Å². The van der Waals surface area contributed by atoms with Gasteiger partial charge in [-0.15, -0.1) is 0 Å². The SMILES string of the molecule is CCC(C)(OCO)C(=O)NC. The van der Waals surface area contributed by atoms with Gasteiger partial charge in [-0.3, -0.25) is 4.79 Å². The second-order valence-electron chi connectivity index (χ2n) is 2.44. The summed E-state index contributed by atoms with van der Waals surface area (Å²) < 4.78 is 4.87. The summed E-state index contributed by atoms with van der Waals surface area (Å²) in [5.74, 6) is -0.214. The molecule has 0 aliphatic rings. The topological polar surface area (TPSA) is 58.6 Å². The highest BCUT2D eigenvalue weighted by Crippen LogP contribution is 2.14. The second kappa shape index (κ2) is 4.31. The van der Waals surface area contributed by atoms with Crippen LogP contribution in [-0.4, -0.2) is 30.5 Å². The minimum atomic E-state index is -0.899. The molecular weight excluding hydrogens is 146 g/mol. The van der Waals surface area contributed by atoms with Crippen molar-refractivity contribution in [1.82, 2.24) is 5.32 Å². The zero-order valence-electron chi connectivity index (χ0n) is 7.18. The lowest BCUT2D eigenvalue weighted by Crippen LogP contribution is -2.45. The normalized spacial score (nSPS) is 15.6. The maximum Gasteiger partial charge on any atom is 0.251 e. The first kappa shape index (κ1) is 10.4. The highest BCUT2D eigenvalue weighted by Gasteiger charge is 2.30. The summed E-state index contributed by atoms with van der Waals surface area (Å²) >= 11 is 0. The molecule has 1 unspecified atom stereocenters. The largest absolute Gasteiger partial charge is 0.371 e. The highest BCUT2D eigenvalue weighted by atomic mass is 16.6. The molecule has 0 radical (unpaired) electrons. The molecule has 1 atom stereocenters. The number of amides is 1. The van der Waals surface area contributed by atoms with Gasteiger partial charge in [-0.2, -0.15) is 0 Å². The molecule has 0 fully saturated rings. The molecule has 0 aliphatic heterocycles. The van der Waals surface area contributed by atoms with Crippen LogP contribution in [0.4, 0.5) is 0 Å². The van der Waals surface area contributed by atoms with E-state index in [9.17, 15) is 4.79 Å². The van der Waals surface area contributed by atoms with Crippen molar-refractivity contribution in [2.75, 3.05) is 13.8 Å². The number of aliphatic hydroxyl groups excluding tert-OH is 1. The first-order valence-electron chi connectivity index (χ1n) is 3.57. The van der Waals surface area contributed by atoms with Gasteiger partial charge in [0.15, 0.2) is 0 Å². The fourth-order valence-corrected chi connectivity index (χ4v) is 0.735. The second-order valence-corrected chi connectivity index (χ2v) is 2.44. The predicted molar refractivity (Wildman–Crippen MR) is 40.9 cm³/mol. The van der Waals surface area contributed by atoms with Gasteiger partial charge in [0.2, 0.25) is 0 Å². The van der Waals surface area contributed by atoms with E-state index in [1.54, 1.807) is 6.92 Å². The minimum absolute atomic E-state index is 0.214. The third kappa shape index (κ3) is 2.48. The number of ether oxygens (including phenoxy) is 1. The van der Waals surface area contributed by atoms with Gasteiger partial charge in [0.25, 0.3) is 5.91 Å². The number of hydrogen-bond donors (Lipinski definition) is 2. The van der Waals surface area contributed by atoms with Crippen LogP contribution in [0.15, 0.2) is 0 Å². The lowest BCUT2D eigenvalue weighted by Gasteiger charge is -2.24. The summed E-state index contributed by atoms with van der Waals surface area (Å²) in [7, 11) is 1.54. The fraction of sp³-hybridized carbons (Fsp3) is 0.857. The van der Waals surface area contributed by atoms with Crippen molar-refractivity contribution in [2.45, 2.75) is 25.9 Å². The fourth-order valence-electron chi connectivity index (χ4n) is 0.735. The summed E-state index contributed by atoms with van der Waals surface area (Å²) in [5, 5.41) is 10.9. The lowest BCUT2D eigenvalue weighted by atomic mass is 10.0. The predicted octanol–water partition coefficient (Wildman–Crippen LogP) is -0.133. The molecule has 4 nitrogen and oxygen atoms in total. The average Bonchev–Trinajstić information content (AvgIpc) is 2.03. The molecule has 66 valence electrons. The first-order chi connectivity index (χ1) is 5.10. The molecule has 11 heavy (non-hydrogen) atoms. The van der Waals surface area contributed by atoms with E-state index in [2.05, 4.69) is 5.32 Å². The molecule has 0 spiro atoms.